The van der Waals surface area contributed by atoms with Crippen molar-refractivity contribution in [2.75, 3.05) is 6.61 Å². The highest BCUT2D eigenvalue weighted by atomic mass is 16.7. The molecule has 0 aromatic heterocycles. The topological polar surface area (TPSA) is 91.3 Å². The minimum Gasteiger partial charge on any atom is -0.458 e. The zero-order valence-electron chi connectivity index (χ0n) is 20.3. The van der Waals surface area contributed by atoms with Crippen LogP contribution in [0.5, 0.6) is 0 Å². The van der Waals surface area contributed by atoms with Gasteiger partial charge in [-0.1, -0.05) is 91.0 Å². The molecule has 3 aromatic rings. The molecule has 0 spiro atoms. The van der Waals surface area contributed by atoms with Crippen molar-refractivity contribution in [3.63, 3.8) is 0 Å². The molecule has 3 aromatic carbocycles. The van der Waals surface area contributed by atoms with Crippen LogP contribution in [0.3, 0.4) is 0 Å². The van der Waals surface area contributed by atoms with E-state index in [1.165, 1.54) is 13.8 Å². The largest absolute Gasteiger partial charge is 0.458 e. The highest BCUT2D eigenvalue weighted by Gasteiger charge is 2.45. The molecule has 7 nitrogen and oxygen atoms in total. The summed E-state index contributed by atoms with van der Waals surface area (Å²) in [5.74, 6) is -1.10. The van der Waals surface area contributed by atoms with Crippen LogP contribution in [0.2, 0.25) is 0 Å². The lowest BCUT2D eigenvalue weighted by Gasteiger charge is -2.41. The molecule has 1 N–H and O–H groups in total. The summed E-state index contributed by atoms with van der Waals surface area (Å²) in [7, 11) is 0. The number of aliphatic hydroxyl groups is 1. The van der Waals surface area contributed by atoms with Gasteiger partial charge in [0.15, 0.2) is 12.4 Å². The first kappa shape index (κ1) is 25.6. The second-order valence-corrected chi connectivity index (χ2v) is 8.68. The molecule has 0 aliphatic carbocycles. The zero-order chi connectivity index (χ0) is 25.5. The van der Waals surface area contributed by atoms with Crippen LogP contribution in [-0.4, -0.2) is 48.3 Å². The van der Waals surface area contributed by atoms with Crippen LogP contribution in [0, 0.1) is 0 Å². The molecule has 7 heteroatoms. The van der Waals surface area contributed by atoms with Gasteiger partial charge in [-0.25, -0.2) is 0 Å². The lowest BCUT2D eigenvalue weighted by Crippen LogP contribution is -2.54. The van der Waals surface area contributed by atoms with Crippen LogP contribution in [0.15, 0.2) is 91.0 Å². The number of ether oxygens (including phenoxy) is 4. The normalized spacial score (nSPS) is 22.0. The van der Waals surface area contributed by atoms with Crippen LogP contribution in [0.1, 0.15) is 37.0 Å². The van der Waals surface area contributed by atoms with Gasteiger partial charge in [0.05, 0.1) is 6.61 Å². The predicted molar refractivity (Wildman–Crippen MR) is 132 cm³/mol. The number of rotatable bonds is 8. The molecule has 188 valence electrons. The Morgan fingerprint density at radius 2 is 1.25 bits per heavy atom. The first-order valence-electron chi connectivity index (χ1n) is 11.9. The van der Waals surface area contributed by atoms with Crippen molar-refractivity contribution in [3.05, 3.63) is 108 Å². The summed E-state index contributed by atoms with van der Waals surface area (Å²) in [4.78, 5) is 23.6. The Balaban J connectivity index is 1.77. The van der Waals surface area contributed by atoms with E-state index in [0.29, 0.717) is 0 Å². The highest BCUT2D eigenvalue weighted by molar-refractivity contribution is 5.67. The third-order valence-electron chi connectivity index (χ3n) is 6.12. The van der Waals surface area contributed by atoms with E-state index in [1.54, 1.807) is 0 Å². The monoisotopic (exact) mass is 490 g/mol. The highest BCUT2D eigenvalue weighted by Crippen LogP contribution is 2.41. The van der Waals surface area contributed by atoms with Gasteiger partial charge in [0, 0.05) is 20.3 Å². The lowest BCUT2D eigenvalue weighted by atomic mass is 9.80. The Morgan fingerprint density at radius 1 is 0.806 bits per heavy atom. The lowest BCUT2D eigenvalue weighted by molar-refractivity contribution is -0.258. The van der Waals surface area contributed by atoms with Crippen molar-refractivity contribution in [1.29, 1.82) is 0 Å². The molecule has 0 saturated carbocycles. The van der Waals surface area contributed by atoms with E-state index in [1.807, 2.05) is 91.0 Å². The van der Waals surface area contributed by atoms with Gasteiger partial charge < -0.3 is 24.1 Å². The van der Waals surface area contributed by atoms with E-state index < -0.39 is 42.1 Å². The van der Waals surface area contributed by atoms with Crippen LogP contribution in [0.25, 0.3) is 0 Å². The maximum absolute atomic E-state index is 11.9. The molecule has 1 heterocycles. The van der Waals surface area contributed by atoms with Gasteiger partial charge >= 0.3 is 11.9 Å². The first-order chi connectivity index (χ1) is 17.4. The molecular weight excluding hydrogens is 460 g/mol. The fraction of sp³-hybridized carbons (Fsp3) is 0.310. The van der Waals surface area contributed by atoms with Crippen molar-refractivity contribution in [2.45, 2.75) is 50.5 Å². The van der Waals surface area contributed by atoms with E-state index >= 15 is 0 Å². The third-order valence-corrected chi connectivity index (χ3v) is 6.12. The molecular formula is C29H30O7. The van der Waals surface area contributed by atoms with Crippen molar-refractivity contribution < 1.29 is 33.6 Å². The Labute approximate surface area is 210 Å². The van der Waals surface area contributed by atoms with Crippen molar-refractivity contribution >= 4 is 11.9 Å². The van der Waals surface area contributed by atoms with Gasteiger partial charge in [0.25, 0.3) is 0 Å². The molecule has 0 bridgehead atoms. The summed E-state index contributed by atoms with van der Waals surface area (Å²) in [5, 5.41) is 10.4. The van der Waals surface area contributed by atoms with E-state index in [0.717, 1.165) is 16.7 Å². The Bertz CT molecular complexity index is 1040. The summed E-state index contributed by atoms with van der Waals surface area (Å²) < 4.78 is 23.4. The number of carbonyl (C=O) groups excluding carboxylic acids is 2. The van der Waals surface area contributed by atoms with Crippen LogP contribution in [-0.2, 0) is 34.1 Å². The van der Waals surface area contributed by atoms with Gasteiger partial charge in [0.1, 0.15) is 17.8 Å². The third kappa shape index (κ3) is 5.65. The fourth-order valence-electron chi connectivity index (χ4n) is 4.69. The quantitative estimate of drug-likeness (QED) is 0.377. The van der Waals surface area contributed by atoms with Gasteiger partial charge in [0.2, 0.25) is 0 Å². The van der Waals surface area contributed by atoms with Gasteiger partial charge in [-0.15, -0.1) is 0 Å². The molecule has 1 aliphatic rings. The number of aliphatic hydroxyl groups excluding tert-OH is 1. The number of hydrogen-bond donors (Lipinski definition) is 1. The number of hydrogen-bond acceptors (Lipinski definition) is 7. The molecule has 1 aliphatic heterocycles. The van der Waals surface area contributed by atoms with Crippen molar-refractivity contribution in [1.82, 2.24) is 0 Å². The molecule has 4 atom stereocenters. The average molecular weight is 491 g/mol. The molecule has 3 unspecified atom stereocenters. The first-order valence-corrected chi connectivity index (χ1v) is 11.9. The summed E-state index contributed by atoms with van der Waals surface area (Å²) in [6.45, 7) is 2.48. The summed E-state index contributed by atoms with van der Waals surface area (Å²) >= 11 is 0. The van der Waals surface area contributed by atoms with E-state index in [-0.39, 0.29) is 13.0 Å². The van der Waals surface area contributed by atoms with Gasteiger partial charge in [-0.2, -0.15) is 0 Å². The molecule has 4 rings (SSSR count). The second kappa shape index (κ2) is 11.5. The SMILES string of the molecule is CC(=O)OC1CC(O)OC(COC(c2ccccc2)(c2ccccc2)c2ccccc2)[C@H]1OC(C)=O. The summed E-state index contributed by atoms with van der Waals surface area (Å²) in [6, 6.07) is 29.4. The summed E-state index contributed by atoms with van der Waals surface area (Å²) in [5.41, 5.74) is 1.63. The number of esters is 2. The Morgan fingerprint density at radius 3 is 1.67 bits per heavy atom. The standard InChI is InChI=1S/C29H30O7/c1-20(30)34-25-18-27(32)36-26(28(25)35-21(2)31)19-33-29(22-12-6-3-7-13-22,23-14-8-4-9-15-23)24-16-10-5-11-17-24/h3-17,25-28,32H,18-19H2,1-2H3/t25?,26?,27?,28-/m0/s1. The van der Waals surface area contributed by atoms with Crippen LogP contribution >= 0.6 is 0 Å². The Kier molecular flexibility index (Phi) is 8.15. The zero-order valence-corrected chi connectivity index (χ0v) is 20.3. The van der Waals surface area contributed by atoms with Crippen molar-refractivity contribution in [3.8, 4) is 0 Å². The molecule has 0 radical (unpaired) electrons. The fourth-order valence-corrected chi connectivity index (χ4v) is 4.69. The maximum atomic E-state index is 11.9. The number of benzene rings is 3. The van der Waals surface area contributed by atoms with Crippen molar-refractivity contribution in [2.24, 2.45) is 0 Å². The summed E-state index contributed by atoms with van der Waals surface area (Å²) in [6.07, 6.45) is -3.94. The molecule has 1 saturated heterocycles. The van der Waals surface area contributed by atoms with E-state index in [9.17, 15) is 14.7 Å². The minimum absolute atomic E-state index is 0.0186. The van der Waals surface area contributed by atoms with E-state index in [2.05, 4.69) is 0 Å². The molecule has 0 amide bonds. The second-order valence-electron chi connectivity index (χ2n) is 8.68. The molecule has 36 heavy (non-hydrogen) atoms. The predicted octanol–water partition coefficient (Wildman–Crippen LogP) is 3.97. The van der Waals surface area contributed by atoms with Crippen LogP contribution < -0.4 is 0 Å². The van der Waals surface area contributed by atoms with E-state index in [4.69, 9.17) is 18.9 Å². The van der Waals surface area contributed by atoms with Gasteiger partial charge in [-0.3, -0.25) is 9.59 Å². The smallest absolute Gasteiger partial charge is 0.303 e. The van der Waals surface area contributed by atoms with Gasteiger partial charge in [-0.05, 0) is 16.7 Å². The Hall–Kier alpha value is -3.52. The van der Waals surface area contributed by atoms with Crippen LogP contribution in [0.4, 0.5) is 0 Å². The average Bonchev–Trinajstić information content (AvgIpc) is 2.88. The number of carbonyl (C=O) groups is 2. The maximum Gasteiger partial charge on any atom is 0.303 e. The molecule has 1 fully saturated rings. The minimum atomic E-state index is -1.21.